The smallest absolute Gasteiger partial charge is 0.248 e. The molecule has 0 amide bonds. The third-order valence-electron chi connectivity index (χ3n) is 0.483. The van der Waals surface area contributed by atoms with E-state index in [1.54, 1.807) is 13.7 Å². The van der Waals surface area contributed by atoms with Crippen LogP contribution in [0.1, 0.15) is 35.1 Å². The predicted octanol–water partition coefficient (Wildman–Crippen LogP) is 2.20. The first-order chi connectivity index (χ1) is 9.74. The summed E-state index contributed by atoms with van der Waals surface area (Å²) < 4.78 is 8.88. The van der Waals surface area contributed by atoms with Crippen molar-refractivity contribution in [3.8, 4) is 0 Å². The maximum Gasteiger partial charge on any atom is 0.332 e. The molecule has 0 aromatic heterocycles. The Hall–Kier alpha value is -1.65. The first kappa shape index (κ1) is 43.2. The molecular weight excluding hydrogens is 298 g/mol. The Labute approximate surface area is 155 Å². The van der Waals surface area contributed by atoms with Gasteiger partial charge in [-0.25, -0.2) is 13.7 Å². The van der Waals surface area contributed by atoms with Gasteiger partial charge in [0.1, 0.15) is 90.0 Å². The van der Waals surface area contributed by atoms with E-state index in [4.69, 9.17) is 0 Å². The summed E-state index contributed by atoms with van der Waals surface area (Å²) >= 11 is 0. The van der Waals surface area contributed by atoms with Gasteiger partial charge in [0.25, 0.3) is 0 Å². The van der Waals surface area contributed by atoms with Crippen molar-refractivity contribution in [1.82, 2.24) is 0 Å². The highest BCUT2D eigenvalue weighted by molar-refractivity contribution is 5.15. The van der Waals surface area contributed by atoms with Gasteiger partial charge in [0.2, 0.25) is 0 Å². The molecule has 0 saturated heterocycles. The van der Waals surface area contributed by atoms with E-state index in [2.05, 4.69) is 47.4 Å². The maximum atomic E-state index is 3.63. The molecule has 0 radical (unpaired) electrons. The molecule has 0 saturated carbocycles. The van der Waals surface area contributed by atoms with E-state index in [0.717, 1.165) is 6.67 Å². The van der Waals surface area contributed by atoms with Gasteiger partial charge in [-0.3, -0.25) is 0 Å². The third kappa shape index (κ3) is 1380. The van der Waals surface area contributed by atoms with Crippen molar-refractivity contribution in [1.29, 1.82) is 0 Å². The van der Waals surface area contributed by atoms with E-state index in [0.29, 0.717) is 0 Å². The minimum Gasteiger partial charge on any atom is -0.248 e. The second kappa shape index (κ2) is 37.5. The minimum absolute atomic E-state index is 0. The summed E-state index contributed by atoms with van der Waals surface area (Å²) in [7, 11) is 15.1. The number of nitrogens with zero attached hydrogens (tertiary/aromatic N) is 5. The Morgan fingerprint density at radius 1 is 0.500 bits per heavy atom. The zero-order valence-corrected chi connectivity index (χ0v) is 17.2. The highest BCUT2D eigenvalue weighted by Gasteiger charge is 1.92. The number of rotatable bonds is 2. The van der Waals surface area contributed by atoms with Crippen LogP contribution in [-0.4, -0.2) is 120 Å². The van der Waals surface area contributed by atoms with Gasteiger partial charge >= 0.3 is 6.67 Å². The summed E-state index contributed by atoms with van der Waals surface area (Å²) in [4.78, 5) is 0. The Bertz CT molecular complexity index is 265. The summed E-state index contributed by atoms with van der Waals surface area (Å²) in [6.07, 6.45) is 1.25. The molecule has 0 rings (SSSR count). The van der Waals surface area contributed by atoms with Crippen LogP contribution < -0.4 is 0 Å². The second-order valence-electron chi connectivity index (χ2n) is 5.80. The molecule has 0 aromatic rings. The SMILES string of the molecule is C.C.C=[N+](C)C.C=[N+](C)C.C=[N+](C)C.C=[N+](C)C[N+](=C)C.CCC. The molecule has 0 aromatic carbocycles. The van der Waals surface area contributed by atoms with E-state index in [1.165, 1.54) is 6.42 Å². The third-order valence-corrected chi connectivity index (χ3v) is 0.483. The fourth-order valence-electron chi connectivity index (χ4n) is 0.412. The van der Waals surface area contributed by atoms with Crippen LogP contribution in [0.3, 0.4) is 0 Å². The van der Waals surface area contributed by atoms with Crippen molar-refractivity contribution >= 4 is 33.6 Å². The van der Waals surface area contributed by atoms with E-state index in [9.17, 15) is 0 Å². The van der Waals surface area contributed by atoms with E-state index in [1.807, 2.05) is 65.5 Å². The fourth-order valence-corrected chi connectivity index (χ4v) is 0.412. The Morgan fingerprint density at radius 2 is 0.583 bits per heavy atom. The summed E-state index contributed by atoms with van der Waals surface area (Å²) in [5.74, 6) is 0. The summed E-state index contributed by atoms with van der Waals surface area (Å²) in [5.41, 5.74) is 0. The largest absolute Gasteiger partial charge is 0.332 e. The van der Waals surface area contributed by atoms with Crippen molar-refractivity contribution in [3.05, 3.63) is 0 Å². The number of hydrogen-bond donors (Lipinski definition) is 0. The van der Waals surface area contributed by atoms with E-state index >= 15 is 0 Å². The van der Waals surface area contributed by atoms with Crippen LogP contribution in [-0.2, 0) is 0 Å². The molecule has 0 spiro atoms. The molecule has 0 unspecified atom stereocenters. The van der Waals surface area contributed by atoms with Gasteiger partial charge in [-0.1, -0.05) is 35.1 Å². The van der Waals surface area contributed by atoms with Crippen LogP contribution in [0.4, 0.5) is 0 Å². The van der Waals surface area contributed by atoms with Crippen LogP contribution in [0.2, 0.25) is 0 Å². The van der Waals surface area contributed by atoms with Gasteiger partial charge in [0, 0.05) is 0 Å². The van der Waals surface area contributed by atoms with Crippen molar-refractivity contribution in [2.75, 3.05) is 63.1 Å². The number of hydrogen-bond acceptors (Lipinski definition) is 0. The van der Waals surface area contributed by atoms with Crippen LogP contribution in [0.25, 0.3) is 0 Å². The molecule has 0 heterocycles. The topological polar surface area (TPSA) is 15.0 Å². The monoisotopic (exact) mass is 350 g/mol. The lowest BCUT2D eigenvalue weighted by Gasteiger charge is -1.85. The highest BCUT2D eigenvalue weighted by atomic mass is 15.1. The van der Waals surface area contributed by atoms with Gasteiger partial charge < -0.3 is 0 Å². The normalized spacial score (nSPS) is 6.42. The van der Waals surface area contributed by atoms with Crippen LogP contribution >= 0.6 is 0 Å². The molecule has 148 valence electrons. The van der Waals surface area contributed by atoms with Crippen molar-refractivity contribution in [3.63, 3.8) is 0 Å². The van der Waals surface area contributed by atoms with E-state index < -0.39 is 0 Å². The quantitative estimate of drug-likeness (QED) is 0.412. The lowest BCUT2D eigenvalue weighted by Crippen LogP contribution is -2.15. The molecule has 0 aliphatic carbocycles. The fraction of sp³-hybridized carbons (Fsp3) is 0.737. The van der Waals surface area contributed by atoms with E-state index in [-0.39, 0.29) is 14.9 Å². The lowest BCUT2D eigenvalue weighted by atomic mass is 10.6. The van der Waals surface area contributed by atoms with Gasteiger partial charge in [0.05, 0.1) is 0 Å². The van der Waals surface area contributed by atoms with Crippen LogP contribution in [0.5, 0.6) is 0 Å². The van der Waals surface area contributed by atoms with Gasteiger partial charge in [-0.05, 0) is 0 Å². The Balaban J connectivity index is -0.0000000305. The molecule has 0 N–H and O–H groups in total. The maximum absolute atomic E-state index is 3.63. The Morgan fingerprint density at radius 3 is 0.583 bits per heavy atom. The zero-order valence-electron chi connectivity index (χ0n) is 17.2. The van der Waals surface area contributed by atoms with Gasteiger partial charge in [0.15, 0.2) is 0 Å². The van der Waals surface area contributed by atoms with Crippen LogP contribution in [0, 0.1) is 0 Å². The van der Waals surface area contributed by atoms with Crippen molar-refractivity contribution in [2.45, 2.75) is 35.1 Å². The first-order valence-corrected chi connectivity index (χ1v) is 7.21. The second-order valence-corrected chi connectivity index (χ2v) is 5.80. The molecule has 5 nitrogen and oxygen atoms in total. The van der Waals surface area contributed by atoms with Crippen LogP contribution in [0.15, 0.2) is 0 Å². The van der Waals surface area contributed by atoms with Gasteiger partial charge in [-0.15, -0.1) is 0 Å². The highest BCUT2D eigenvalue weighted by Crippen LogP contribution is 1.60. The lowest BCUT2D eigenvalue weighted by molar-refractivity contribution is -0.696. The zero-order chi connectivity index (χ0) is 19.3. The van der Waals surface area contributed by atoms with Crippen molar-refractivity contribution in [2.24, 2.45) is 0 Å². The molecule has 0 bridgehead atoms. The summed E-state index contributed by atoms with van der Waals surface area (Å²) in [6, 6.07) is 0. The molecule has 0 aliphatic heterocycles. The summed E-state index contributed by atoms with van der Waals surface area (Å²) in [6.45, 7) is 22.7. The molecule has 0 fully saturated rings. The van der Waals surface area contributed by atoms with Gasteiger partial charge in [-0.2, -0.15) is 9.15 Å². The molecule has 5 heteroatoms. The molecular formula is C19H52N5+5. The predicted molar refractivity (Wildman–Crippen MR) is 119 cm³/mol. The molecule has 0 aliphatic rings. The average Bonchev–Trinajstić information content (AvgIpc) is 2.12. The standard InChI is InChI=1S/C5H12N2.3C3H8N.C3H8.2CH4/c1-6(2)5-7(3)4;3*1-4(2)3;1-3-2;;/h1,3,5H2,2,4H3;3*1H2,2-3H3;3H2,1-2H3;2*1H4/q+2;3*+1;;;. The Kier molecular flexibility index (Phi) is 67.6. The summed E-state index contributed by atoms with van der Waals surface area (Å²) in [5, 5.41) is 0. The first-order valence-electron chi connectivity index (χ1n) is 7.21. The molecule has 0 atom stereocenters. The minimum atomic E-state index is 0. The average molecular weight is 351 g/mol. The molecule has 24 heavy (non-hydrogen) atoms. The van der Waals surface area contributed by atoms with Crippen molar-refractivity contribution < 1.29 is 22.9 Å².